The Morgan fingerprint density at radius 3 is 2.65 bits per heavy atom. The van der Waals surface area contributed by atoms with Gasteiger partial charge >= 0.3 is 0 Å². The molecule has 20 heavy (non-hydrogen) atoms. The molecule has 2 rings (SSSR count). The Morgan fingerprint density at radius 2 is 2.05 bits per heavy atom. The minimum absolute atomic E-state index is 0.113. The van der Waals surface area contributed by atoms with Crippen molar-refractivity contribution in [3.05, 3.63) is 0 Å². The highest BCUT2D eigenvalue weighted by Gasteiger charge is 2.30. The lowest BCUT2D eigenvalue weighted by Gasteiger charge is -2.24. The zero-order valence-corrected chi connectivity index (χ0v) is 13.7. The molecule has 0 amide bonds. The predicted molar refractivity (Wildman–Crippen MR) is 83.9 cm³/mol. The molecule has 0 atom stereocenters. The van der Waals surface area contributed by atoms with Crippen molar-refractivity contribution in [2.75, 3.05) is 23.3 Å². The van der Waals surface area contributed by atoms with E-state index >= 15 is 0 Å². The highest BCUT2D eigenvalue weighted by molar-refractivity contribution is 7.91. The SMILES string of the molecule is CCCS(=O)(=O)c1c(N)nsc1NCC1(C)CCCC1. The van der Waals surface area contributed by atoms with Gasteiger partial charge in [0.05, 0.1) is 5.75 Å². The first-order valence-corrected chi connectivity index (χ1v) is 9.52. The molecule has 3 N–H and O–H groups in total. The van der Waals surface area contributed by atoms with Crippen LogP contribution in [-0.2, 0) is 9.84 Å². The van der Waals surface area contributed by atoms with Gasteiger partial charge in [0.15, 0.2) is 15.7 Å². The molecule has 1 aliphatic carbocycles. The van der Waals surface area contributed by atoms with Gasteiger partial charge in [-0.1, -0.05) is 26.7 Å². The fourth-order valence-corrected chi connectivity index (χ4v) is 5.39. The van der Waals surface area contributed by atoms with Crippen LogP contribution < -0.4 is 11.1 Å². The lowest BCUT2D eigenvalue weighted by atomic mass is 9.89. The Bertz CT molecular complexity index is 560. The van der Waals surface area contributed by atoms with Crippen molar-refractivity contribution in [2.24, 2.45) is 5.41 Å². The van der Waals surface area contributed by atoms with E-state index in [2.05, 4.69) is 16.6 Å². The van der Waals surface area contributed by atoms with Gasteiger partial charge in [0.1, 0.15) is 9.90 Å². The van der Waals surface area contributed by atoms with Crippen LogP contribution in [0.3, 0.4) is 0 Å². The minimum atomic E-state index is -3.33. The number of nitrogens with one attached hydrogen (secondary N) is 1. The fraction of sp³-hybridized carbons (Fsp3) is 0.769. The maximum atomic E-state index is 12.3. The standard InChI is InChI=1S/C13H23N3O2S2/c1-3-8-20(17,18)10-11(14)16-19-12(10)15-9-13(2)6-4-5-7-13/h15H,3-9H2,1-2H3,(H2,14,16). The lowest BCUT2D eigenvalue weighted by molar-refractivity contribution is 0.362. The summed E-state index contributed by atoms with van der Waals surface area (Å²) in [4.78, 5) is 0.200. The van der Waals surface area contributed by atoms with Gasteiger partial charge in [-0.05, 0) is 36.2 Å². The van der Waals surface area contributed by atoms with Crippen LogP contribution in [0.25, 0.3) is 0 Å². The van der Waals surface area contributed by atoms with Gasteiger partial charge < -0.3 is 11.1 Å². The molecule has 1 saturated carbocycles. The number of sulfone groups is 1. The molecule has 0 spiro atoms. The molecule has 0 unspecified atom stereocenters. The van der Waals surface area contributed by atoms with Gasteiger partial charge in [0.2, 0.25) is 0 Å². The molecule has 0 radical (unpaired) electrons. The first-order chi connectivity index (χ1) is 9.38. The quantitative estimate of drug-likeness (QED) is 0.842. The number of rotatable bonds is 6. The Kier molecular flexibility index (Phi) is 4.59. The Morgan fingerprint density at radius 1 is 1.40 bits per heavy atom. The second-order valence-electron chi connectivity index (χ2n) is 5.92. The van der Waals surface area contributed by atoms with Gasteiger partial charge in [0, 0.05) is 6.54 Å². The second-order valence-corrected chi connectivity index (χ2v) is 8.74. The van der Waals surface area contributed by atoms with Crippen molar-refractivity contribution in [1.82, 2.24) is 4.37 Å². The molecular weight excluding hydrogens is 294 g/mol. The number of anilines is 2. The van der Waals surface area contributed by atoms with Crippen LogP contribution in [0.2, 0.25) is 0 Å². The molecule has 114 valence electrons. The molecule has 0 bridgehead atoms. The molecule has 5 nitrogen and oxygen atoms in total. The summed E-state index contributed by atoms with van der Waals surface area (Å²) >= 11 is 1.15. The lowest BCUT2D eigenvalue weighted by Crippen LogP contribution is -2.23. The first-order valence-electron chi connectivity index (χ1n) is 7.10. The van der Waals surface area contributed by atoms with Gasteiger partial charge in [-0.25, -0.2) is 8.42 Å². The normalized spacial score (nSPS) is 18.3. The van der Waals surface area contributed by atoms with Crippen molar-refractivity contribution < 1.29 is 8.42 Å². The van der Waals surface area contributed by atoms with Crippen LogP contribution in [0.4, 0.5) is 10.8 Å². The Labute approximate surface area is 125 Å². The van der Waals surface area contributed by atoms with Gasteiger partial charge in [-0.15, -0.1) is 0 Å². The zero-order chi connectivity index (χ0) is 14.8. The molecular formula is C13H23N3O2S2. The van der Waals surface area contributed by atoms with E-state index in [1.165, 1.54) is 25.7 Å². The van der Waals surface area contributed by atoms with Crippen molar-refractivity contribution in [3.63, 3.8) is 0 Å². The summed E-state index contributed by atoms with van der Waals surface area (Å²) in [6.07, 6.45) is 5.46. The number of nitrogen functional groups attached to an aromatic ring is 1. The van der Waals surface area contributed by atoms with Gasteiger partial charge in [-0.3, -0.25) is 0 Å². The molecule has 0 saturated heterocycles. The molecule has 7 heteroatoms. The first kappa shape index (κ1) is 15.6. The van der Waals surface area contributed by atoms with E-state index in [0.29, 0.717) is 11.4 Å². The maximum Gasteiger partial charge on any atom is 0.185 e. The predicted octanol–water partition coefficient (Wildman–Crippen LogP) is 2.90. The van der Waals surface area contributed by atoms with Crippen LogP contribution in [-0.4, -0.2) is 25.1 Å². The number of hydrogen-bond acceptors (Lipinski definition) is 6. The smallest absolute Gasteiger partial charge is 0.185 e. The summed E-state index contributed by atoms with van der Waals surface area (Å²) in [5.41, 5.74) is 6.01. The average Bonchev–Trinajstić information content (AvgIpc) is 2.94. The summed E-state index contributed by atoms with van der Waals surface area (Å²) < 4.78 is 28.5. The number of nitrogens with zero attached hydrogens (tertiary/aromatic N) is 1. The second kappa shape index (κ2) is 5.89. The van der Waals surface area contributed by atoms with E-state index in [4.69, 9.17) is 5.73 Å². The molecule has 1 aromatic rings. The van der Waals surface area contributed by atoms with Crippen molar-refractivity contribution in [2.45, 2.75) is 50.8 Å². The minimum Gasteiger partial charge on any atom is -0.382 e. The highest BCUT2D eigenvalue weighted by Crippen LogP contribution is 2.39. The third-order valence-corrected chi connectivity index (χ3v) is 6.87. The van der Waals surface area contributed by atoms with E-state index in [1.807, 2.05) is 6.92 Å². The summed E-state index contributed by atoms with van der Waals surface area (Å²) in [5, 5.41) is 3.88. The van der Waals surface area contributed by atoms with Crippen LogP contribution in [0.15, 0.2) is 4.90 Å². The van der Waals surface area contributed by atoms with E-state index in [-0.39, 0.29) is 21.9 Å². The number of aromatic nitrogens is 1. The third kappa shape index (κ3) is 3.25. The monoisotopic (exact) mass is 317 g/mol. The molecule has 0 aromatic carbocycles. The van der Waals surface area contributed by atoms with Crippen LogP contribution in [0.1, 0.15) is 46.0 Å². The largest absolute Gasteiger partial charge is 0.382 e. The number of hydrogen-bond donors (Lipinski definition) is 2. The summed E-state index contributed by atoms with van der Waals surface area (Å²) in [6.45, 7) is 4.88. The summed E-state index contributed by atoms with van der Waals surface area (Å²) in [6, 6.07) is 0. The van der Waals surface area contributed by atoms with Crippen molar-refractivity contribution in [3.8, 4) is 0 Å². The van der Waals surface area contributed by atoms with Crippen LogP contribution in [0, 0.1) is 5.41 Å². The number of nitrogens with two attached hydrogens (primary N) is 1. The van der Waals surface area contributed by atoms with E-state index in [0.717, 1.165) is 18.1 Å². The van der Waals surface area contributed by atoms with Gasteiger partial charge in [0.25, 0.3) is 0 Å². The van der Waals surface area contributed by atoms with E-state index in [9.17, 15) is 8.42 Å². The Hall–Kier alpha value is -0.820. The molecule has 1 fully saturated rings. The third-order valence-electron chi connectivity index (χ3n) is 3.94. The topological polar surface area (TPSA) is 85.1 Å². The Balaban J connectivity index is 2.17. The van der Waals surface area contributed by atoms with Crippen molar-refractivity contribution >= 4 is 32.2 Å². The average molecular weight is 317 g/mol. The van der Waals surface area contributed by atoms with Crippen LogP contribution in [0.5, 0.6) is 0 Å². The highest BCUT2D eigenvalue weighted by atomic mass is 32.2. The maximum absolute atomic E-state index is 12.3. The fourth-order valence-electron chi connectivity index (χ4n) is 2.78. The summed E-state index contributed by atoms with van der Waals surface area (Å²) in [5.74, 6) is 0.240. The van der Waals surface area contributed by atoms with Crippen molar-refractivity contribution in [1.29, 1.82) is 0 Å². The molecule has 0 aliphatic heterocycles. The van der Waals surface area contributed by atoms with Gasteiger partial charge in [-0.2, -0.15) is 4.37 Å². The molecule has 1 aliphatic rings. The molecule has 1 aromatic heterocycles. The van der Waals surface area contributed by atoms with E-state index < -0.39 is 9.84 Å². The summed E-state index contributed by atoms with van der Waals surface area (Å²) in [7, 11) is -3.33. The molecule has 1 heterocycles. The zero-order valence-electron chi connectivity index (χ0n) is 12.1. The van der Waals surface area contributed by atoms with Crippen LogP contribution >= 0.6 is 11.5 Å². The van der Waals surface area contributed by atoms with E-state index in [1.54, 1.807) is 0 Å².